The highest BCUT2D eigenvalue weighted by atomic mass is 35.5. The van der Waals surface area contributed by atoms with E-state index < -0.39 is 11.5 Å². The molecule has 2 heterocycles. The third-order valence-electron chi connectivity index (χ3n) is 5.74. The molecule has 2 amide bonds. The Morgan fingerprint density at radius 3 is 2.58 bits per heavy atom. The quantitative estimate of drug-likeness (QED) is 0.610. The van der Waals surface area contributed by atoms with E-state index in [2.05, 4.69) is 10.3 Å². The summed E-state index contributed by atoms with van der Waals surface area (Å²) in [6.45, 7) is 6.17. The van der Waals surface area contributed by atoms with Gasteiger partial charge in [-0.15, -0.1) is 0 Å². The van der Waals surface area contributed by atoms with Gasteiger partial charge < -0.3 is 10.2 Å². The molecule has 2 aromatic carbocycles. The van der Waals surface area contributed by atoms with Crippen molar-refractivity contribution in [3.63, 3.8) is 0 Å². The number of anilines is 1. The highest BCUT2D eigenvalue weighted by molar-refractivity contribution is 6.30. The van der Waals surface area contributed by atoms with Gasteiger partial charge in [-0.1, -0.05) is 62.7 Å². The first-order chi connectivity index (χ1) is 14.8. The van der Waals surface area contributed by atoms with E-state index in [1.54, 1.807) is 11.1 Å². The largest absolute Gasteiger partial charge is 0.330 e. The van der Waals surface area contributed by atoms with E-state index in [1.807, 2.05) is 75.4 Å². The summed E-state index contributed by atoms with van der Waals surface area (Å²) in [6.07, 6.45) is 2.41. The first-order valence-electron chi connectivity index (χ1n) is 10.5. The average Bonchev–Trinajstić information content (AvgIpc) is 3.18. The van der Waals surface area contributed by atoms with Gasteiger partial charge in [0.2, 0.25) is 11.8 Å². The molecule has 1 N–H and O–H groups in total. The minimum absolute atomic E-state index is 0.0341. The molecule has 0 unspecified atom stereocenters. The number of para-hydroxylation sites is 1. The fraction of sp³-hybridized carbons (Fsp3) is 0.320. The van der Waals surface area contributed by atoms with Crippen LogP contribution in [0.5, 0.6) is 0 Å². The van der Waals surface area contributed by atoms with Crippen molar-refractivity contribution in [3.05, 3.63) is 71.4 Å². The standard InChI is InChI=1S/C25H26ClN3O2/c1-25(2,3)24(31)29-14-12-19(17-8-4-10-18(26)15-17)22(29)23(30)28-20-11-5-7-16-9-6-13-27-21(16)20/h4-11,13,15,19,22H,12,14H2,1-3H3,(H,28,30)/t19-,22-/m0/s1. The number of carbonyl (C=O) groups excluding carboxylic acids is 2. The number of benzene rings is 2. The van der Waals surface area contributed by atoms with Crippen LogP contribution in [0.4, 0.5) is 5.69 Å². The van der Waals surface area contributed by atoms with E-state index in [-0.39, 0.29) is 17.7 Å². The molecule has 0 saturated carbocycles. The van der Waals surface area contributed by atoms with E-state index >= 15 is 0 Å². The van der Waals surface area contributed by atoms with Crippen LogP contribution in [0.15, 0.2) is 60.8 Å². The van der Waals surface area contributed by atoms with Crippen LogP contribution in [0, 0.1) is 5.41 Å². The molecule has 0 aliphatic carbocycles. The first-order valence-corrected chi connectivity index (χ1v) is 10.8. The second-order valence-corrected chi connectivity index (χ2v) is 9.45. The van der Waals surface area contributed by atoms with Gasteiger partial charge in [0.1, 0.15) is 6.04 Å². The fourth-order valence-electron chi connectivity index (χ4n) is 4.27. The van der Waals surface area contributed by atoms with Crippen molar-refractivity contribution in [1.82, 2.24) is 9.88 Å². The lowest BCUT2D eigenvalue weighted by Gasteiger charge is -2.32. The highest BCUT2D eigenvalue weighted by Crippen LogP contribution is 2.37. The van der Waals surface area contributed by atoms with E-state index in [9.17, 15) is 9.59 Å². The van der Waals surface area contributed by atoms with Crippen molar-refractivity contribution < 1.29 is 9.59 Å². The van der Waals surface area contributed by atoms with Crippen molar-refractivity contribution in [2.75, 3.05) is 11.9 Å². The molecule has 0 bridgehead atoms. The Bertz CT molecular complexity index is 1130. The van der Waals surface area contributed by atoms with Gasteiger partial charge in [0, 0.05) is 34.5 Å². The zero-order valence-corrected chi connectivity index (χ0v) is 18.7. The summed E-state index contributed by atoms with van der Waals surface area (Å²) in [5.74, 6) is -0.376. The van der Waals surface area contributed by atoms with Crippen LogP contribution in [0.25, 0.3) is 10.9 Å². The number of aromatic nitrogens is 1. The molecule has 160 valence electrons. The SMILES string of the molecule is CC(C)(C)C(=O)N1CC[C@@H](c2cccc(Cl)c2)[C@H]1C(=O)Nc1cccc2cccnc12. The van der Waals surface area contributed by atoms with Gasteiger partial charge >= 0.3 is 0 Å². The topological polar surface area (TPSA) is 62.3 Å². The molecule has 1 aromatic heterocycles. The molecule has 2 atom stereocenters. The van der Waals surface area contributed by atoms with Gasteiger partial charge in [-0.2, -0.15) is 0 Å². The van der Waals surface area contributed by atoms with Crippen LogP contribution in [0.3, 0.4) is 0 Å². The molecule has 1 aliphatic rings. The zero-order valence-electron chi connectivity index (χ0n) is 17.9. The van der Waals surface area contributed by atoms with Gasteiger partial charge in [0.05, 0.1) is 11.2 Å². The van der Waals surface area contributed by atoms with Crippen LogP contribution in [-0.4, -0.2) is 34.3 Å². The minimum atomic E-state index is -0.621. The predicted octanol–water partition coefficient (Wildman–Crippen LogP) is 5.26. The van der Waals surface area contributed by atoms with Crippen LogP contribution < -0.4 is 5.32 Å². The molecule has 1 saturated heterocycles. The minimum Gasteiger partial charge on any atom is -0.330 e. The first kappa shape index (κ1) is 21.3. The van der Waals surface area contributed by atoms with Crippen LogP contribution >= 0.6 is 11.6 Å². The number of rotatable bonds is 3. The number of pyridine rings is 1. The maximum atomic E-state index is 13.6. The monoisotopic (exact) mass is 435 g/mol. The van der Waals surface area contributed by atoms with Crippen LogP contribution in [0.1, 0.15) is 38.7 Å². The molecule has 31 heavy (non-hydrogen) atoms. The molecular weight excluding hydrogens is 410 g/mol. The predicted molar refractivity (Wildman–Crippen MR) is 124 cm³/mol. The molecule has 3 aromatic rings. The third kappa shape index (κ3) is 4.28. The molecule has 4 rings (SSSR count). The maximum Gasteiger partial charge on any atom is 0.247 e. The summed E-state index contributed by atoms with van der Waals surface area (Å²) < 4.78 is 0. The Labute approximate surface area is 187 Å². The number of nitrogens with one attached hydrogen (secondary N) is 1. The fourth-order valence-corrected chi connectivity index (χ4v) is 4.47. The number of hydrogen-bond donors (Lipinski definition) is 1. The number of amides is 2. The summed E-state index contributed by atoms with van der Waals surface area (Å²) >= 11 is 6.23. The van der Waals surface area contributed by atoms with Gasteiger partial charge in [0.15, 0.2) is 0 Å². The molecule has 0 spiro atoms. The van der Waals surface area contributed by atoms with Crippen molar-refractivity contribution in [2.45, 2.75) is 39.2 Å². The van der Waals surface area contributed by atoms with E-state index in [4.69, 9.17) is 11.6 Å². The second kappa shape index (κ2) is 8.31. The molecule has 6 heteroatoms. The average molecular weight is 436 g/mol. The molecule has 0 radical (unpaired) electrons. The van der Waals surface area contributed by atoms with E-state index in [1.165, 1.54) is 0 Å². The number of nitrogens with zero attached hydrogens (tertiary/aromatic N) is 2. The molecule has 1 aliphatic heterocycles. The van der Waals surface area contributed by atoms with Gasteiger partial charge in [-0.3, -0.25) is 14.6 Å². The Morgan fingerprint density at radius 1 is 1.10 bits per heavy atom. The Balaban J connectivity index is 1.71. The van der Waals surface area contributed by atoms with Crippen LogP contribution in [-0.2, 0) is 9.59 Å². The lowest BCUT2D eigenvalue weighted by molar-refractivity contribution is -0.143. The number of carbonyl (C=O) groups is 2. The Morgan fingerprint density at radius 2 is 1.84 bits per heavy atom. The number of fused-ring (bicyclic) bond motifs is 1. The summed E-state index contributed by atoms with van der Waals surface area (Å²) in [4.78, 5) is 33.0. The second-order valence-electron chi connectivity index (χ2n) is 9.01. The number of halogens is 1. The van der Waals surface area contributed by atoms with Gasteiger partial charge in [-0.05, 0) is 36.2 Å². The normalized spacial score (nSPS) is 18.9. The zero-order chi connectivity index (χ0) is 22.2. The Hall–Kier alpha value is -2.92. The van der Waals surface area contributed by atoms with Crippen molar-refractivity contribution in [3.8, 4) is 0 Å². The van der Waals surface area contributed by atoms with Crippen molar-refractivity contribution >= 4 is 40.0 Å². The number of likely N-dealkylation sites (tertiary alicyclic amines) is 1. The highest BCUT2D eigenvalue weighted by Gasteiger charge is 2.45. The van der Waals surface area contributed by atoms with E-state index in [0.717, 1.165) is 16.5 Å². The summed E-state index contributed by atoms with van der Waals surface area (Å²) in [5.41, 5.74) is 1.75. The smallest absolute Gasteiger partial charge is 0.247 e. The van der Waals surface area contributed by atoms with Crippen molar-refractivity contribution in [2.24, 2.45) is 5.41 Å². The summed E-state index contributed by atoms with van der Waals surface area (Å²) in [7, 11) is 0. The summed E-state index contributed by atoms with van der Waals surface area (Å²) in [6, 6.07) is 16.4. The van der Waals surface area contributed by atoms with E-state index in [0.29, 0.717) is 23.7 Å². The van der Waals surface area contributed by atoms with Crippen molar-refractivity contribution in [1.29, 1.82) is 0 Å². The third-order valence-corrected chi connectivity index (χ3v) is 5.97. The lowest BCUT2D eigenvalue weighted by atomic mass is 9.89. The number of hydrogen-bond acceptors (Lipinski definition) is 3. The van der Waals surface area contributed by atoms with Gasteiger partial charge in [0.25, 0.3) is 0 Å². The maximum absolute atomic E-state index is 13.6. The molecule has 1 fully saturated rings. The van der Waals surface area contributed by atoms with Crippen LogP contribution in [0.2, 0.25) is 5.02 Å². The van der Waals surface area contributed by atoms with Gasteiger partial charge in [-0.25, -0.2) is 0 Å². The summed E-state index contributed by atoms with van der Waals surface area (Å²) in [5, 5.41) is 4.62. The Kier molecular flexibility index (Phi) is 5.71. The lowest BCUT2D eigenvalue weighted by Crippen LogP contribution is -2.49. The molecule has 5 nitrogen and oxygen atoms in total. The molecular formula is C25H26ClN3O2.